The van der Waals surface area contributed by atoms with E-state index < -0.39 is 12.0 Å². The number of thiazole rings is 1. The number of benzene rings is 2. The molecule has 2 aromatic carbocycles. The van der Waals surface area contributed by atoms with Crippen LogP contribution in [0.1, 0.15) is 24.1 Å². The number of nitrogens with zero attached hydrogens (tertiary/aromatic N) is 2. The van der Waals surface area contributed by atoms with E-state index in [1.54, 1.807) is 43.9 Å². The first-order valence-corrected chi connectivity index (χ1v) is 11.4. The summed E-state index contributed by atoms with van der Waals surface area (Å²) in [7, 11) is 3.17. The van der Waals surface area contributed by atoms with Crippen molar-refractivity contribution >= 4 is 23.4 Å². The van der Waals surface area contributed by atoms with Crippen LogP contribution < -0.4 is 24.4 Å². The third-order valence-corrected chi connectivity index (χ3v) is 6.41. The lowest BCUT2D eigenvalue weighted by atomic mass is 9.96. The van der Waals surface area contributed by atoms with Crippen LogP contribution in [0, 0.1) is 0 Å². The Morgan fingerprint density at radius 3 is 2.56 bits per heavy atom. The molecule has 1 aromatic heterocycles. The van der Waals surface area contributed by atoms with Gasteiger partial charge in [-0.1, -0.05) is 54.3 Å². The Hall–Kier alpha value is -3.91. The summed E-state index contributed by atoms with van der Waals surface area (Å²) < 4.78 is 18.1. The molecule has 8 heteroatoms. The van der Waals surface area contributed by atoms with Gasteiger partial charge in [0.1, 0.15) is 18.1 Å². The number of allylic oxidation sites excluding steroid dienone is 1. The van der Waals surface area contributed by atoms with Crippen molar-refractivity contribution in [2.45, 2.75) is 13.0 Å². The molecule has 2 heterocycles. The summed E-state index contributed by atoms with van der Waals surface area (Å²) in [6, 6.07) is 14.0. The Balaban J connectivity index is 1.93. The van der Waals surface area contributed by atoms with Crippen LogP contribution in [0.25, 0.3) is 6.08 Å². The van der Waals surface area contributed by atoms with Crippen LogP contribution in [0.15, 0.2) is 82.2 Å². The van der Waals surface area contributed by atoms with Crippen molar-refractivity contribution in [3.63, 3.8) is 0 Å². The normalized spacial score (nSPS) is 15.4. The van der Waals surface area contributed by atoms with E-state index in [0.717, 1.165) is 11.1 Å². The molecular formula is C26H24N2O5S. The lowest BCUT2D eigenvalue weighted by Crippen LogP contribution is -2.39. The zero-order valence-electron chi connectivity index (χ0n) is 19.1. The first kappa shape index (κ1) is 23.3. The number of methoxy groups -OCH3 is 2. The van der Waals surface area contributed by atoms with E-state index in [4.69, 9.17) is 14.2 Å². The van der Waals surface area contributed by atoms with Crippen molar-refractivity contribution in [1.29, 1.82) is 0 Å². The summed E-state index contributed by atoms with van der Waals surface area (Å²) >= 11 is 1.26. The topological polar surface area (TPSA) is 79.1 Å². The molecule has 174 valence electrons. The molecule has 4 rings (SSSR count). The van der Waals surface area contributed by atoms with Crippen LogP contribution in [0.5, 0.6) is 11.5 Å². The van der Waals surface area contributed by atoms with Gasteiger partial charge in [0, 0.05) is 5.56 Å². The first-order valence-electron chi connectivity index (χ1n) is 10.6. The third kappa shape index (κ3) is 4.32. The van der Waals surface area contributed by atoms with Gasteiger partial charge < -0.3 is 14.2 Å². The molecule has 0 aliphatic carbocycles. The van der Waals surface area contributed by atoms with Crippen LogP contribution >= 0.6 is 11.3 Å². The quantitative estimate of drug-likeness (QED) is 0.387. The van der Waals surface area contributed by atoms with Crippen LogP contribution in [0.3, 0.4) is 0 Å². The molecule has 0 amide bonds. The molecule has 34 heavy (non-hydrogen) atoms. The fourth-order valence-corrected chi connectivity index (χ4v) is 4.86. The summed E-state index contributed by atoms with van der Waals surface area (Å²) in [6.45, 7) is 5.41. The molecule has 0 spiro atoms. The van der Waals surface area contributed by atoms with Gasteiger partial charge in [-0.15, -0.1) is 0 Å². The average molecular weight is 477 g/mol. The number of carbonyl (C=O) groups is 1. The molecule has 0 saturated heterocycles. The van der Waals surface area contributed by atoms with Gasteiger partial charge in [0.2, 0.25) is 0 Å². The summed E-state index contributed by atoms with van der Waals surface area (Å²) in [5.41, 5.74) is 2.07. The molecule has 1 atom stereocenters. The van der Waals surface area contributed by atoms with E-state index in [9.17, 15) is 9.59 Å². The van der Waals surface area contributed by atoms with Crippen molar-refractivity contribution in [2.24, 2.45) is 4.99 Å². The van der Waals surface area contributed by atoms with Gasteiger partial charge >= 0.3 is 5.97 Å². The smallest absolute Gasteiger partial charge is 0.338 e. The Kier molecular flexibility index (Phi) is 6.79. The van der Waals surface area contributed by atoms with E-state index in [1.165, 1.54) is 17.4 Å². The number of esters is 1. The largest absolute Gasteiger partial charge is 0.497 e. The number of aromatic nitrogens is 1. The second kappa shape index (κ2) is 9.93. The number of fused-ring (bicyclic) bond motifs is 1. The maximum Gasteiger partial charge on any atom is 0.338 e. The van der Waals surface area contributed by atoms with Crippen LogP contribution in [0.4, 0.5) is 0 Å². The monoisotopic (exact) mass is 476 g/mol. The predicted molar refractivity (Wildman–Crippen MR) is 131 cm³/mol. The fourth-order valence-electron chi connectivity index (χ4n) is 3.82. The number of para-hydroxylation sites is 1. The molecule has 3 aromatic rings. The van der Waals surface area contributed by atoms with E-state index in [2.05, 4.69) is 11.6 Å². The van der Waals surface area contributed by atoms with Crippen molar-refractivity contribution in [1.82, 2.24) is 4.57 Å². The molecule has 0 fully saturated rings. The van der Waals surface area contributed by atoms with E-state index in [1.807, 2.05) is 36.4 Å². The minimum Gasteiger partial charge on any atom is -0.497 e. The van der Waals surface area contributed by atoms with Crippen molar-refractivity contribution in [3.8, 4) is 11.5 Å². The van der Waals surface area contributed by atoms with E-state index in [-0.39, 0.29) is 12.2 Å². The SMILES string of the molecule is C=CCOC(=O)C1=C(C)N=c2sc(=Cc3ccccc3OC)c(=O)n2C1c1ccc(OC)cc1. The van der Waals surface area contributed by atoms with Crippen LogP contribution in [0.2, 0.25) is 0 Å². The second-order valence-electron chi connectivity index (χ2n) is 7.48. The highest BCUT2D eigenvalue weighted by molar-refractivity contribution is 7.07. The highest BCUT2D eigenvalue weighted by atomic mass is 32.1. The Bertz CT molecular complexity index is 1450. The summed E-state index contributed by atoms with van der Waals surface area (Å²) in [6.07, 6.45) is 3.28. The molecule has 1 unspecified atom stereocenters. The minimum absolute atomic E-state index is 0.0587. The summed E-state index contributed by atoms with van der Waals surface area (Å²) in [4.78, 5) is 31.8. The maximum absolute atomic E-state index is 13.6. The third-order valence-electron chi connectivity index (χ3n) is 5.43. The van der Waals surface area contributed by atoms with Crippen molar-refractivity contribution < 1.29 is 19.0 Å². The molecule has 1 aliphatic heterocycles. The van der Waals surface area contributed by atoms with Gasteiger partial charge in [-0.3, -0.25) is 9.36 Å². The highest BCUT2D eigenvalue weighted by Crippen LogP contribution is 2.31. The number of ether oxygens (including phenoxy) is 3. The fraction of sp³-hybridized carbons (Fsp3) is 0.192. The second-order valence-corrected chi connectivity index (χ2v) is 8.49. The number of carbonyl (C=O) groups excluding carboxylic acids is 1. The molecule has 0 radical (unpaired) electrons. The van der Waals surface area contributed by atoms with Gasteiger partial charge in [-0.05, 0) is 36.8 Å². The lowest BCUT2D eigenvalue weighted by Gasteiger charge is -2.24. The number of hydrogen-bond donors (Lipinski definition) is 0. The predicted octanol–water partition coefficient (Wildman–Crippen LogP) is 2.98. The van der Waals surface area contributed by atoms with Gasteiger partial charge in [0.15, 0.2) is 4.80 Å². The Morgan fingerprint density at radius 2 is 1.88 bits per heavy atom. The molecule has 1 aliphatic rings. The van der Waals surface area contributed by atoms with Crippen LogP contribution in [-0.2, 0) is 9.53 Å². The minimum atomic E-state index is -0.695. The van der Waals surface area contributed by atoms with Gasteiger partial charge in [-0.25, -0.2) is 9.79 Å². The van der Waals surface area contributed by atoms with Crippen LogP contribution in [-0.4, -0.2) is 31.4 Å². The zero-order chi connectivity index (χ0) is 24.2. The molecule has 7 nitrogen and oxygen atoms in total. The molecule has 0 saturated carbocycles. The standard InChI is InChI=1S/C26H24N2O5S/c1-5-14-33-25(30)22-16(2)27-26-28(23(22)17-10-12-19(31-3)13-11-17)24(29)21(34-26)15-18-8-6-7-9-20(18)32-4/h5-13,15,23H,1,14H2,2-4H3. The van der Waals surface area contributed by atoms with Gasteiger partial charge in [0.05, 0.1) is 36.1 Å². The summed E-state index contributed by atoms with van der Waals surface area (Å²) in [5.74, 6) is 0.787. The Morgan fingerprint density at radius 1 is 1.15 bits per heavy atom. The Labute approximate surface area is 200 Å². The number of hydrogen-bond acceptors (Lipinski definition) is 7. The van der Waals surface area contributed by atoms with Gasteiger partial charge in [-0.2, -0.15) is 0 Å². The maximum atomic E-state index is 13.6. The zero-order valence-corrected chi connectivity index (χ0v) is 19.9. The molecular weight excluding hydrogens is 452 g/mol. The van der Waals surface area contributed by atoms with Crippen molar-refractivity contribution in [3.05, 3.63) is 103 Å². The number of rotatable bonds is 7. The van der Waals surface area contributed by atoms with Crippen molar-refractivity contribution in [2.75, 3.05) is 20.8 Å². The van der Waals surface area contributed by atoms with E-state index >= 15 is 0 Å². The lowest BCUT2D eigenvalue weighted by molar-refractivity contribution is -0.138. The first-order chi connectivity index (χ1) is 16.5. The molecule has 0 bridgehead atoms. The van der Waals surface area contributed by atoms with E-state index in [0.29, 0.717) is 32.1 Å². The average Bonchev–Trinajstić information content (AvgIpc) is 3.16. The summed E-state index contributed by atoms with van der Waals surface area (Å²) in [5, 5.41) is 0. The molecule has 0 N–H and O–H groups in total. The van der Waals surface area contributed by atoms with Gasteiger partial charge in [0.25, 0.3) is 5.56 Å². The highest BCUT2D eigenvalue weighted by Gasteiger charge is 2.33.